The van der Waals surface area contributed by atoms with Gasteiger partial charge in [0.05, 0.1) is 21.8 Å². The molecule has 3 aromatic rings. The van der Waals surface area contributed by atoms with E-state index in [0.29, 0.717) is 28.4 Å². The Bertz CT molecular complexity index is 1030. The first-order valence-corrected chi connectivity index (χ1v) is 8.26. The molecule has 132 valence electrons. The average Bonchev–Trinajstić information content (AvgIpc) is 2.56. The summed E-state index contributed by atoms with van der Waals surface area (Å²) in [5, 5.41) is 2.62. The number of fused-ring (bicyclic) bond motifs is 2. The fourth-order valence-electron chi connectivity index (χ4n) is 2.90. The number of nitrogens with zero attached hydrogens (tertiary/aromatic N) is 5. The van der Waals surface area contributed by atoms with Crippen molar-refractivity contribution in [1.82, 2.24) is 19.1 Å². The van der Waals surface area contributed by atoms with Crippen molar-refractivity contribution < 1.29 is 0 Å². The lowest BCUT2D eigenvalue weighted by atomic mass is 10.2. The summed E-state index contributed by atoms with van der Waals surface area (Å²) in [4.78, 5) is 32.0. The van der Waals surface area contributed by atoms with Crippen LogP contribution in [-0.2, 0) is 6.54 Å². The van der Waals surface area contributed by atoms with Gasteiger partial charge in [0.15, 0.2) is 0 Å². The van der Waals surface area contributed by atoms with Gasteiger partial charge in [-0.1, -0.05) is 0 Å². The molecule has 0 aliphatic heterocycles. The van der Waals surface area contributed by atoms with Crippen LogP contribution in [0.4, 0.5) is 0 Å². The maximum absolute atomic E-state index is 12.8. The third kappa shape index (κ3) is 3.28. The number of rotatable bonds is 5. The Morgan fingerprint density at radius 1 is 0.960 bits per heavy atom. The number of aryl methyl sites for hydroxylation is 1. The van der Waals surface area contributed by atoms with Gasteiger partial charge in [0.25, 0.3) is 11.1 Å². The highest BCUT2D eigenvalue weighted by Gasteiger charge is 2.10. The van der Waals surface area contributed by atoms with E-state index >= 15 is 0 Å². The zero-order chi connectivity index (χ0) is 18.1. The first-order valence-electron chi connectivity index (χ1n) is 8.26. The summed E-state index contributed by atoms with van der Waals surface area (Å²) in [6.07, 6.45) is 4.35. The van der Waals surface area contributed by atoms with Crippen LogP contribution < -0.4 is 16.1 Å². The standard InChI is InChI=1S/C18H23N5O2/c1-20(2)8-5-9-22-10-6-15-13(17(22)24)12-14-16(19-15)7-11-23(18(14)25)21(3)4/h6-7,10-12H,5,8-9H2,1-4H3. The van der Waals surface area contributed by atoms with Gasteiger partial charge in [0, 0.05) is 33.0 Å². The van der Waals surface area contributed by atoms with Crippen molar-refractivity contribution in [2.24, 2.45) is 0 Å². The molecule has 3 aromatic heterocycles. The van der Waals surface area contributed by atoms with Crippen LogP contribution in [-0.4, -0.2) is 53.9 Å². The first-order chi connectivity index (χ1) is 11.9. The molecule has 0 aliphatic rings. The summed E-state index contributed by atoms with van der Waals surface area (Å²) in [5.41, 5.74) is 0.924. The molecule has 3 rings (SSSR count). The molecule has 0 bridgehead atoms. The molecule has 7 heteroatoms. The summed E-state index contributed by atoms with van der Waals surface area (Å²) in [6, 6.07) is 5.30. The van der Waals surface area contributed by atoms with Gasteiger partial charge < -0.3 is 14.5 Å². The van der Waals surface area contributed by atoms with Gasteiger partial charge in [-0.25, -0.2) is 9.66 Å². The van der Waals surface area contributed by atoms with Crippen LogP contribution in [0.2, 0.25) is 0 Å². The highest BCUT2D eigenvalue weighted by Crippen LogP contribution is 2.14. The third-order valence-corrected chi connectivity index (χ3v) is 4.23. The molecule has 0 saturated carbocycles. The number of aromatic nitrogens is 3. The van der Waals surface area contributed by atoms with E-state index in [1.807, 2.05) is 20.2 Å². The van der Waals surface area contributed by atoms with Crippen LogP contribution in [0, 0.1) is 0 Å². The first kappa shape index (κ1) is 17.2. The molecule has 7 nitrogen and oxygen atoms in total. The minimum Gasteiger partial charge on any atom is -0.316 e. The maximum Gasteiger partial charge on any atom is 0.278 e. The highest BCUT2D eigenvalue weighted by atomic mass is 16.1. The molecule has 0 amide bonds. The third-order valence-electron chi connectivity index (χ3n) is 4.23. The summed E-state index contributed by atoms with van der Waals surface area (Å²) in [7, 11) is 7.60. The Hall–Kier alpha value is -2.67. The Balaban J connectivity index is 2.13. The second-order valence-corrected chi connectivity index (χ2v) is 6.64. The van der Waals surface area contributed by atoms with Crippen molar-refractivity contribution in [2.75, 3.05) is 39.7 Å². The molecule has 0 fully saturated rings. The molecule has 0 aromatic carbocycles. The van der Waals surface area contributed by atoms with Gasteiger partial charge in [-0.2, -0.15) is 0 Å². The molecule has 25 heavy (non-hydrogen) atoms. The largest absolute Gasteiger partial charge is 0.316 e. The zero-order valence-corrected chi connectivity index (χ0v) is 15.1. The van der Waals surface area contributed by atoms with Gasteiger partial charge in [-0.05, 0) is 45.3 Å². The molecule has 0 radical (unpaired) electrons. The van der Waals surface area contributed by atoms with E-state index in [1.165, 1.54) is 4.68 Å². The fraction of sp³-hybridized carbons (Fsp3) is 0.389. The number of pyridine rings is 3. The van der Waals surface area contributed by atoms with Gasteiger partial charge in [-0.15, -0.1) is 0 Å². The Labute approximate surface area is 145 Å². The summed E-state index contributed by atoms with van der Waals surface area (Å²) < 4.78 is 3.18. The summed E-state index contributed by atoms with van der Waals surface area (Å²) >= 11 is 0. The molecule has 0 saturated heterocycles. The van der Waals surface area contributed by atoms with Gasteiger partial charge in [0.1, 0.15) is 0 Å². The van der Waals surface area contributed by atoms with Crippen molar-refractivity contribution in [3.63, 3.8) is 0 Å². The lowest BCUT2D eigenvalue weighted by Crippen LogP contribution is -2.35. The minimum absolute atomic E-state index is 0.106. The Morgan fingerprint density at radius 3 is 2.24 bits per heavy atom. The molecule has 0 N–H and O–H groups in total. The quantitative estimate of drug-likeness (QED) is 0.644. The predicted octanol–water partition coefficient (Wildman–Crippen LogP) is 0.861. The second kappa shape index (κ2) is 6.68. The van der Waals surface area contributed by atoms with E-state index in [-0.39, 0.29) is 11.1 Å². The van der Waals surface area contributed by atoms with E-state index < -0.39 is 0 Å². The van der Waals surface area contributed by atoms with Crippen LogP contribution in [0.1, 0.15) is 6.42 Å². The van der Waals surface area contributed by atoms with Crippen molar-refractivity contribution in [1.29, 1.82) is 0 Å². The Kier molecular flexibility index (Phi) is 4.59. The Morgan fingerprint density at radius 2 is 1.60 bits per heavy atom. The van der Waals surface area contributed by atoms with Gasteiger partial charge >= 0.3 is 0 Å². The number of hydrogen-bond acceptors (Lipinski definition) is 5. The van der Waals surface area contributed by atoms with Crippen molar-refractivity contribution in [3.8, 4) is 0 Å². The van der Waals surface area contributed by atoms with Gasteiger partial charge in [0.2, 0.25) is 0 Å². The van der Waals surface area contributed by atoms with Crippen molar-refractivity contribution in [2.45, 2.75) is 13.0 Å². The smallest absolute Gasteiger partial charge is 0.278 e. The van der Waals surface area contributed by atoms with Crippen molar-refractivity contribution in [3.05, 3.63) is 51.3 Å². The SMILES string of the molecule is CN(C)CCCn1ccc2nc3ccn(N(C)C)c(=O)c3cc2c1=O. The van der Waals surface area contributed by atoms with Crippen LogP contribution >= 0.6 is 0 Å². The van der Waals surface area contributed by atoms with E-state index in [1.54, 1.807) is 48.2 Å². The molecule has 0 spiro atoms. The van der Waals surface area contributed by atoms with E-state index in [9.17, 15) is 9.59 Å². The minimum atomic E-state index is -0.181. The average molecular weight is 341 g/mol. The van der Waals surface area contributed by atoms with E-state index in [2.05, 4.69) is 9.88 Å². The maximum atomic E-state index is 12.8. The lowest BCUT2D eigenvalue weighted by Gasteiger charge is -2.16. The summed E-state index contributed by atoms with van der Waals surface area (Å²) in [5.74, 6) is 0. The molecule has 0 atom stereocenters. The summed E-state index contributed by atoms with van der Waals surface area (Å²) in [6.45, 7) is 1.55. The van der Waals surface area contributed by atoms with Gasteiger partial charge in [-0.3, -0.25) is 9.59 Å². The van der Waals surface area contributed by atoms with Crippen LogP contribution in [0.15, 0.2) is 40.2 Å². The van der Waals surface area contributed by atoms with Crippen LogP contribution in [0.3, 0.4) is 0 Å². The van der Waals surface area contributed by atoms with Crippen LogP contribution in [0.5, 0.6) is 0 Å². The van der Waals surface area contributed by atoms with Crippen LogP contribution in [0.25, 0.3) is 21.8 Å². The normalized spacial score (nSPS) is 11.6. The second-order valence-electron chi connectivity index (χ2n) is 6.64. The predicted molar refractivity (Wildman–Crippen MR) is 101 cm³/mol. The van der Waals surface area contributed by atoms with E-state index in [0.717, 1.165) is 13.0 Å². The zero-order valence-electron chi connectivity index (χ0n) is 15.1. The topological polar surface area (TPSA) is 63.4 Å². The molecular formula is C18H23N5O2. The van der Waals surface area contributed by atoms with E-state index in [4.69, 9.17) is 0 Å². The molecule has 0 unspecified atom stereocenters. The number of hydrogen-bond donors (Lipinski definition) is 0. The molecule has 3 heterocycles. The monoisotopic (exact) mass is 341 g/mol. The molecular weight excluding hydrogens is 318 g/mol. The van der Waals surface area contributed by atoms with Crippen molar-refractivity contribution >= 4 is 21.8 Å². The molecule has 0 aliphatic carbocycles. The highest BCUT2D eigenvalue weighted by molar-refractivity contribution is 5.91. The fourth-order valence-corrected chi connectivity index (χ4v) is 2.90. The lowest BCUT2D eigenvalue weighted by molar-refractivity contribution is 0.385.